The zero-order chi connectivity index (χ0) is 27.5. The smallest absolute Gasteiger partial charge is 0.255 e. The maximum absolute atomic E-state index is 14.2. The second-order valence-electron chi connectivity index (χ2n) is 9.86. The van der Waals surface area contributed by atoms with Crippen LogP contribution in [0.3, 0.4) is 0 Å². The Balaban J connectivity index is 1.44. The van der Waals surface area contributed by atoms with E-state index in [-0.39, 0.29) is 29.7 Å². The topological polar surface area (TPSA) is 106 Å². The van der Waals surface area contributed by atoms with Crippen LogP contribution in [0, 0.1) is 0 Å². The highest BCUT2D eigenvalue weighted by Gasteiger charge is 2.53. The van der Waals surface area contributed by atoms with Crippen molar-refractivity contribution in [3.63, 3.8) is 0 Å². The first-order valence-electron chi connectivity index (χ1n) is 13.1. The number of aliphatic hydroxyl groups is 1. The van der Waals surface area contributed by atoms with E-state index in [9.17, 15) is 13.2 Å². The molecule has 0 aromatic heterocycles. The molecule has 2 aliphatic heterocycles. The van der Waals surface area contributed by atoms with Crippen LogP contribution in [0.25, 0.3) is 0 Å². The van der Waals surface area contributed by atoms with Crippen molar-refractivity contribution in [2.45, 2.75) is 42.8 Å². The van der Waals surface area contributed by atoms with E-state index in [1.54, 1.807) is 47.4 Å². The molecule has 8 nitrogen and oxygen atoms in total. The highest BCUT2D eigenvalue weighted by molar-refractivity contribution is 7.91. The number of rotatable bonds is 9. The van der Waals surface area contributed by atoms with Gasteiger partial charge in [-0.2, -0.15) is 0 Å². The summed E-state index contributed by atoms with van der Waals surface area (Å²) in [7, 11) is -3.57. The third-order valence-electron chi connectivity index (χ3n) is 7.26. The first-order valence-corrected chi connectivity index (χ1v) is 14.7. The highest BCUT2D eigenvalue weighted by Crippen LogP contribution is 2.37. The van der Waals surface area contributed by atoms with E-state index in [0.717, 1.165) is 16.7 Å². The van der Waals surface area contributed by atoms with Gasteiger partial charge in [0.2, 0.25) is 5.90 Å². The van der Waals surface area contributed by atoms with Crippen molar-refractivity contribution in [2.75, 3.05) is 25.5 Å². The first kappa shape index (κ1) is 26.9. The van der Waals surface area contributed by atoms with Gasteiger partial charge in [-0.05, 0) is 54.4 Å². The van der Waals surface area contributed by atoms with E-state index < -0.39 is 21.5 Å². The predicted molar refractivity (Wildman–Crippen MR) is 148 cm³/mol. The zero-order valence-electron chi connectivity index (χ0n) is 21.8. The van der Waals surface area contributed by atoms with Gasteiger partial charge in [0.1, 0.15) is 11.9 Å². The molecular formula is C30H32N2O6S. The van der Waals surface area contributed by atoms with Crippen molar-refractivity contribution in [2.24, 2.45) is 4.99 Å². The quantitative estimate of drug-likeness (QED) is 0.411. The second-order valence-corrected chi connectivity index (χ2v) is 12.0. The molecule has 1 spiro atoms. The second kappa shape index (κ2) is 11.2. The van der Waals surface area contributed by atoms with E-state index in [1.807, 2.05) is 43.3 Å². The minimum Gasteiger partial charge on any atom is -0.494 e. The summed E-state index contributed by atoms with van der Waals surface area (Å²) in [6, 6.07) is 23.4. The molecular weight excluding hydrogens is 516 g/mol. The number of nitrogens with zero attached hydrogens (tertiary/aromatic N) is 2. The Morgan fingerprint density at radius 2 is 1.72 bits per heavy atom. The lowest BCUT2D eigenvalue weighted by atomic mass is 9.85. The van der Waals surface area contributed by atoms with Crippen molar-refractivity contribution >= 4 is 21.6 Å². The van der Waals surface area contributed by atoms with Crippen LogP contribution in [0.15, 0.2) is 88.8 Å². The number of amides is 1. The largest absolute Gasteiger partial charge is 0.494 e. The average molecular weight is 549 g/mol. The standard InChI is InChI=1S/C30H32N2O6S/c1-22-30(31-28(38-22)23-12-14-26(15-13-23)37-18-7-17-33)20-24-8-5-6-9-25(24)21-32(29(30)34)16-19-39(35,36)27-10-3-2-4-11-27/h2-6,8-15,22,33H,7,16-21H2,1H3/t22-,30-/m1/s1. The Hall–Kier alpha value is -3.69. The molecule has 9 heteroatoms. The molecule has 0 fully saturated rings. The fraction of sp³-hybridized carbons (Fsp3) is 0.333. The Bertz CT molecular complexity index is 1460. The van der Waals surface area contributed by atoms with Gasteiger partial charge in [0.25, 0.3) is 5.91 Å². The van der Waals surface area contributed by atoms with Crippen molar-refractivity contribution in [1.29, 1.82) is 0 Å². The average Bonchev–Trinajstić information content (AvgIpc) is 3.22. The molecule has 0 saturated carbocycles. The van der Waals surface area contributed by atoms with Crippen LogP contribution in [0.1, 0.15) is 30.0 Å². The van der Waals surface area contributed by atoms with Crippen LogP contribution in [0.5, 0.6) is 5.75 Å². The van der Waals surface area contributed by atoms with Crippen LogP contribution in [0.2, 0.25) is 0 Å². The van der Waals surface area contributed by atoms with Crippen molar-refractivity contribution in [1.82, 2.24) is 4.90 Å². The van der Waals surface area contributed by atoms with Crippen LogP contribution in [-0.4, -0.2) is 67.4 Å². The van der Waals surface area contributed by atoms with E-state index in [1.165, 1.54) is 0 Å². The van der Waals surface area contributed by atoms with Crippen molar-refractivity contribution in [3.8, 4) is 5.75 Å². The van der Waals surface area contributed by atoms with Crippen LogP contribution >= 0.6 is 0 Å². The maximum Gasteiger partial charge on any atom is 0.255 e. The number of benzene rings is 3. The molecule has 2 heterocycles. The minimum atomic E-state index is -3.57. The normalized spacial score (nSPS) is 20.8. The maximum atomic E-state index is 14.2. The lowest BCUT2D eigenvalue weighted by molar-refractivity contribution is -0.139. The Morgan fingerprint density at radius 3 is 2.44 bits per heavy atom. The number of aliphatic hydroxyl groups excluding tert-OH is 1. The van der Waals surface area contributed by atoms with E-state index in [4.69, 9.17) is 19.6 Å². The van der Waals surface area contributed by atoms with Gasteiger partial charge in [-0.15, -0.1) is 0 Å². The molecule has 2 aliphatic rings. The third kappa shape index (κ3) is 5.55. The molecule has 0 saturated heterocycles. The predicted octanol–water partition coefficient (Wildman–Crippen LogP) is 3.41. The van der Waals surface area contributed by atoms with Crippen LogP contribution in [-0.2, 0) is 32.3 Å². The van der Waals surface area contributed by atoms with E-state index >= 15 is 0 Å². The first-order chi connectivity index (χ1) is 18.8. The summed E-state index contributed by atoms with van der Waals surface area (Å²) in [5.41, 5.74) is 1.47. The monoisotopic (exact) mass is 548 g/mol. The highest BCUT2D eigenvalue weighted by atomic mass is 32.2. The van der Waals surface area contributed by atoms with Gasteiger partial charge in [0, 0.05) is 38.1 Å². The SMILES string of the molecule is C[C@H]1OC(c2ccc(OCCCO)cc2)=N[C@]12Cc1ccccc1CN(CCS(=O)(=O)c1ccccc1)C2=O. The fourth-order valence-electron chi connectivity index (χ4n) is 5.01. The van der Waals surface area contributed by atoms with Crippen molar-refractivity contribution < 1.29 is 27.8 Å². The van der Waals surface area contributed by atoms with Gasteiger partial charge in [-0.3, -0.25) is 4.79 Å². The molecule has 1 N–H and O–H groups in total. The Kier molecular flexibility index (Phi) is 7.72. The van der Waals surface area contributed by atoms with Gasteiger partial charge in [0.15, 0.2) is 15.4 Å². The molecule has 39 heavy (non-hydrogen) atoms. The molecule has 5 rings (SSSR count). The number of aliphatic imine (C=N–C) groups is 1. The number of sulfone groups is 1. The van der Waals surface area contributed by atoms with Crippen LogP contribution < -0.4 is 4.74 Å². The lowest BCUT2D eigenvalue weighted by Crippen LogP contribution is -2.53. The summed E-state index contributed by atoms with van der Waals surface area (Å²) >= 11 is 0. The number of hydrogen-bond acceptors (Lipinski definition) is 7. The fourth-order valence-corrected chi connectivity index (χ4v) is 6.28. The van der Waals surface area contributed by atoms with Crippen LogP contribution in [0.4, 0.5) is 0 Å². The Morgan fingerprint density at radius 1 is 1.03 bits per heavy atom. The van der Waals surface area contributed by atoms with E-state index in [2.05, 4.69) is 0 Å². The minimum absolute atomic E-state index is 0.0452. The van der Waals surface area contributed by atoms with Gasteiger partial charge in [0.05, 0.1) is 17.3 Å². The molecule has 0 radical (unpaired) electrons. The zero-order valence-corrected chi connectivity index (χ0v) is 22.6. The van der Waals surface area contributed by atoms with Gasteiger partial charge in [-0.1, -0.05) is 42.5 Å². The number of ether oxygens (including phenoxy) is 2. The lowest BCUT2D eigenvalue weighted by Gasteiger charge is -2.31. The molecule has 3 aromatic rings. The summed E-state index contributed by atoms with van der Waals surface area (Å²) in [4.78, 5) is 20.9. The summed E-state index contributed by atoms with van der Waals surface area (Å²) < 4.78 is 37.9. The van der Waals surface area contributed by atoms with Crippen molar-refractivity contribution in [3.05, 3.63) is 95.6 Å². The summed E-state index contributed by atoms with van der Waals surface area (Å²) in [6.07, 6.45) is 0.348. The molecule has 0 aliphatic carbocycles. The molecule has 0 bridgehead atoms. The summed E-state index contributed by atoms with van der Waals surface area (Å²) in [5.74, 6) is 0.603. The molecule has 3 aromatic carbocycles. The third-order valence-corrected chi connectivity index (χ3v) is 8.97. The van der Waals surface area contributed by atoms with Gasteiger partial charge in [-0.25, -0.2) is 13.4 Å². The van der Waals surface area contributed by atoms with Gasteiger partial charge < -0.3 is 19.5 Å². The Labute approximate surface area is 228 Å². The summed E-state index contributed by atoms with van der Waals surface area (Å²) in [5, 5.41) is 8.95. The van der Waals surface area contributed by atoms with Gasteiger partial charge >= 0.3 is 0 Å². The van der Waals surface area contributed by atoms with E-state index in [0.29, 0.717) is 37.6 Å². The number of carbonyl (C=O) groups excluding carboxylic acids is 1. The molecule has 204 valence electrons. The number of fused-ring (bicyclic) bond motifs is 1. The molecule has 0 unspecified atom stereocenters. The molecule has 1 amide bonds. The summed E-state index contributed by atoms with van der Waals surface area (Å²) in [6.45, 7) is 2.67. The number of carbonyl (C=O) groups is 1. The molecule has 2 atom stereocenters. The number of hydrogen-bond donors (Lipinski definition) is 1.